The van der Waals surface area contributed by atoms with E-state index in [1.165, 1.54) is 6.07 Å². The highest BCUT2D eigenvalue weighted by atomic mass is 35.5. The molecule has 8 nitrogen and oxygen atoms in total. The van der Waals surface area contributed by atoms with Crippen LogP contribution in [0.3, 0.4) is 0 Å². The van der Waals surface area contributed by atoms with Gasteiger partial charge in [0.1, 0.15) is 17.2 Å². The summed E-state index contributed by atoms with van der Waals surface area (Å²) in [7, 11) is 1.84. The van der Waals surface area contributed by atoms with E-state index < -0.39 is 5.82 Å². The Balaban J connectivity index is 1.42. The molecule has 0 fully saturated rings. The number of rotatable bonds is 5. The number of hydrogen-bond acceptors (Lipinski definition) is 6. The fourth-order valence-electron chi connectivity index (χ4n) is 3.25. The predicted octanol–water partition coefficient (Wildman–Crippen LogP) is 4.21. The summed E-state index contributed by atoms with van der Waals surface area (Å²) in [5, 5.41) is 15.9. The van der Waals surface area contributed by atoms with E-state index in [4.69, 9.17) is 11.6 Å². The van der Waals surface area contributed by atoms with Gasteiger partial charge in [0.15, 0.2) is 0 Å². The van der Waals surface area contributed by atoms with Crippen LogP contribution in [0.5, 0.6) is 0 Å². The summed E-state index contributed by atoms with van der Waals surface area (Å²) in [6.45, 7) is 0.433. The molecule has 1 N–H and O–H groups in total. The molecule has 0 unspecified atom stereocenters. The summed E-state index contributed by atoms with van der Waals surface area (Å²) >= 11 is 5.88. The van der Waals surface area contributed by atoms with Crippen LogP contribution in [-0.2, 0) is 13.6 Å². The Morgan fingerprint density at radius 2 is 1.97 bits per heavy atom. The van der Waals surface area contributed by atoms with E-state index in [2.05, 4.69) is 30.7 Å². The zero-order valence-corrected chi connectivity index (χ0v) is 17.1. The Morgan fingerprint density at radius 3 is 2.77 bits per heavy atom. The first-order chi connectivity index (χ1) is 15.1. The highest BCUT2D eigenvalue weighted by Gasteiger charge is 2.10. The Kier molecular flexibility index (Phi) is 4.79. The van der Waals surface area contributed by atoms with Crippen molar-refractivity contribution in [2.45, 2.75) is 6.54 Å². The quantitative estimate of drug-likeness (QED) is 0.446. The lowest BCUT2D eigenvalue weighted by Gasteiger charge is -2.07. The standard InChI is InChI=1S/C21H16ClFN8/c1-30-20(7-9-25-30)27-21-24-8-6-17(26-21)14-3-5-19-18(11-14)28-29-31(19)12-13-2-4-16(23)15(22)10-13/h2-11H,12H2,1H3,(H,24,26,27). The molecule has 31 heavy (non-hydrogen) atoms. The lowest BCUT2D eigenvalue weighted by Crippen LogP contribution is -2.03. The Morgan fingerprint density at radius 1 is 1.06 bits per heavy atom. The van der Waals surface area contributed by atoms with Gasteiger partial charge in [0, 0.05) is 24.9 Å². The number of nitrogens with zero attached hydrogens (tertiary/aromatic N) is 7. The van der Waals surface area contributed by atoms with Crippen molar-refractivity contribution in [1.82, 2.24) is 34.7 Å². The third kappa shape index (κ3) is 3.82. The van der Waals surface area contributed by atoms with Crippen LogP contribution in [0.2, 0.25) is 5.02 Å². The number of anilines is 2. The van der Waals surface area contributed by atoms with E-state index in [1.807, 2.05) is 37.4 Å². The van der Waals surface area contributed by atoms with Gasteiger partial charge in [-0.1, -0.05) is 28.9 Å². The zero-order chi connectivity index (χ0) is 21.4. The number of aryl methyl sites for hydroxylation is 1. The average molecular weight is 435 g/mol. The van der Waals surface area contributed by atoms with Crippen LogP contribution in [0.4, 0.5) is 16.2 Å². The van der Waals surface area contributed by atoms with Crippen molar-refractivity contribution in [3.8, 4) is 11.3 Å². The van der Waals surface area contributed by atoms with Crippen molar-refractivity contribution in [3.05, 3.63) is 77.3 Å². The van der Waals surface area contributed by atoms with Gasteiger partial charge >= 0.3 is 0 Å². The van der Waals surface area contributed by atoms with Crippen LogP contribution in [0, 0.1) is 5.82 Å². The van der Waals surface area contributed by atoms with Crippen LogP contribution >= 0.6 is 11.6 Å². The van der Waals surface area contributed by atoms with Crippen LogP contribution in [0.1, 0.15) is 5.56 Å². The number of hydrogen-bond donors (Lipinski definition) is 1. The molecular weight excluding hydrogens is 419 g/mol. The van der Waals surface area contributed by atoms with Crippen molar-refractivity contribution in [3.63, 3.8) is 0 Å². The maximum absolute atomic E-state index is 13.4. The summed E-state index contributed by atoms with van der Waals surface area (Å²) in [6.07, 6.45) is 3.39. The molecule has 10 heteroatoms. The van der Waals surface area contributed by atoms with Crippen molar-refractivity contribution in [2.24, 2.45) is 7.05 Å². The maximum Gasteiger partial charge on any atom is 0.228 e. The Labute approximate surface area is 181 Å². The van der Waals surface area contributed by atoms with Gasteiger partial charge in [0.25, 0.3) is 0 Å². The molecule has 154 valence electrons. The second-order valence-corrected chi connectivity index (χ2v) is 7.34. The number of halogens is 2. The monoisotopic (exact) mass is 434 g/mol. The first-order valence-corrected chi connectivity index (χ1v) is 9.80. The molecule has 0 spiro atoms. The lowest BCUT2D eigenvalue weighted by atomic mass is 10.1. The van der Waals surface area contributed by atoms with Gasteiger partial charge in [-0.2, -0.15) is 5.10 Å². The molecule has 0 aliphatic rings. The molecule has 0 aliphatic carbocycles. The summed E-state index contributed by atoms with van der Waals surface area (Å²) < 4.78 is 16.9. The van der Waals surface area contributed by atoms with Gasteiger partial charge in [-0.05, 0) is 35.9 Å². The van der Waals surface area contributed by atoms with Gasteiger partial charge in [-0.25, -0.2) is 19.0 Å². The molecule has 3 heterocycles. The smallest absolute Gasteiger partial charge is 0.228 e. The SMILES string of the molecule is Cn1nccc1Nc1nccc(-c2ccc3c(c2)nnn3Cc2ccc(F)c(Cl)c2)n1. The molecule has 0 saturated heterocycles. The normalized spacial score (nSPS) is 11.2. The fourth-order valence-corrected chi connectivity index (χ4v) is 3.45. The van der Waals surface area contributed by atoms with E-state index in [9.17, 15) is 4.39 Å². The predicted molar refractivity (Wildman–Crippen MR) is 116 cm³/mol. The minimum Gasteiger partial charge on any atom is -0.309 e. The minimum absolute atomic E-state index is 0.0866. The highest BCUT2D eigenvalue weighted by molar-refractivity contribution is 6.30. The Bertz CT molecular complexity index is 1390. The molecule has 0 radical (unpaired) electrons. The summed E-state index contributed by atoms with van der Waals surface area (Å²) in [6, 6.07) is 14.1. The zero-order valence-electron chi connectivity index (χ0n) is 16.4. The third-order valence-corrected chi connectivity index (χ3v) is 5.13. The van der Waals surface area contributed by atoms with Gasteiger partial charge in [-0.15, -0.1) is 5.10 Å². The molecule has 2 aromatic carbocycles. The molecule has 5 aromatic rings. The van der Waals surface area contributed by atoms with Crippen LogP contribution in [0.25, 0.3) is 22.3 Å². The second-order valence-electron chi connectivity index (χ2n) is 6.93. The summed E-state index contributed by atoms with van der Waals surface area (Å²) in [5.74, 6) is 0.815. The molecular formula is C21H16ClFN8. The highest BCUT2D eigenvalue weighted by Crippen LogP contribution is 2.24. The van der Waals surface area contributed by atoms with Crippen LogP contribution < -0.4 is 5.32 Å². The molecule has 0 bridgehead atoms. The van der Waals surface area contributed by atoms with Gasteiger partial charge in [0.05, 0.1) is 29.0 Å². The number of benzene rings is 2. The minimum atomic E-state index is -0.444. The van der Waals surface area contributed by atoms with Crippen molar-refractivity contribution in [2.75, 3.05) is 5.32 Å². The second kappa shape index (κ2) is 7.77. The number of aromatic nitrogens is 7. The summed E-state index contributed by atoms with van der Waals surface area (Å²) in [5.41, 5.74) is 4.06. The van der Waals surface area contributed by atoms with Gasteiger partial charge in [-0.3, -0.25) is 4.68 Å². The number of nitrogens with one attached hydrogen (secondary N) is 1. The van der Waals surface area contributed by atoms with Gasteiger partial charge < -0.3 is 5.32 Å². The molecule has 3 aromatic heterocycles. The maximum atomic E-state index is 13.4. The van der Waals surface area contributed by atoms with E-state index in [-0.39, 0.29) is 5.02 Å². The van der Waals surface area contributed by atoms with Crippen LogP contribution in [-0.4, -0.2) is 34.7 Å². The van der Waals surface area contributed by atoms with Crippen molar-refractivity contribution in [1.29, 1.82) is 0 Å². The topological polar surface area (TPSA) is 86.3 Å². The first kappa shape index (κ1) is 19.1. The summed E-state index contributed by atoms with van der Waals surface area (Å²) in [4.78, 5) is 8.86. The first-order valence-electron chi connectivity index (χ1n) is 9.42. The molecule has 5 rings (SSSR count). The van der Waals surface area contributed by atoms with Crippen molar-refractivity contribution >= 4 is 34.4 Å². The van der Waals surface area contributed by atoms with E-state index in [0.29, 0.717) is 12.5 Å². The lowest BCUT2D eigenvalue weighted by molar-refractivity contribution is 0.624. The van der Waals surface area contributed by atoms with Crippen LogP contribution in [0.15, 0.2) is 60.9 Å². The fraction of sp³-hybridized carbons (Fsp3) is 0.0952. The molecule has 0 atom stereocenters. The van der Waals surface area contributed by atoms with E-state index in [1.54, 1.807) is 33.9 Å². The largest absolute Gasteiger partial charge is 0.309 e. The third-order valence-electron chi connectivity index (χ3n) is 4.84. The molecule has 0 saturated carbocycles. The molecule has 0 amide bonds. The van der Waals surface area contributed by atoms with E-state index in [0.717, 1.165) is 33.7 Å². The van der Waals surface area contributed by atoms with Gasteiger partial charge in [0.2, 0.25) is 5.95 Å². The van der Waals surface area contributed by atoms with E-state index >= 15 is 0 Å². The Hall–Kier alpha value is -3.85. The number of fused-ring (bicyclic) bond motifs is 1. The average Bonchev–Trinajstić information content (AvgIpc) is 3.36. The van der Waals surface area contributed by atoms with Crippen molar-refractivity contribution < 1.29 is 4.39 Å². The molecule has 0 aliphatic heterocycles.